The Labute approximate surface area is 135 Å². The molecule has 0 spiro atoms. The molecule has 0 aliphatic rings. The number of halogens is 2. The van der Waals surface area contributed by atoms with Gasteiger partial charge in [-0.15, -0.1) is 0 Å². The van der Waals surface area contributed by atoms with E-state index in [4.69, 9.17) is 28.9 Å². The maximum Gasteiger partial charge on any atom is 0.133 e. The van der Waals surface area contributed by atoms with E-state index in [0.29, 0.717) is 23.0 Å². The first kappa shape index (κ1) is 16.2. The van der Waals surface area contributed by atoms with Gasteiger partial charge in [0, 0.05) is 27.9 Å². The number of hydrogen-bond acceptors (Lipinski definition) is 3. The van der Waals surface area contributed by atoms with E-state index in [0.717, 1.165) is 28.3 Å². The van der Waals surface area contributed by atoms with Gasteiger partial charge in [0.1, 0.15) is 5.82 Å². The highest BCUT2D eigenvalue weighted by Crippen LogP contribution is 2.24. The first-order chi connectivity index (χ1) is 9.92. The van der Waals surface area contributed by atoms with Crippen LogP contribution in [0, 0.1) is 13.8 Å². The second-order valence-corrected chi connectivity index (χ2v) is 6.12. The van der Waals surface area contributed by atoms with Crippen LogP contribution in [0.1, 0.15) is 41.2 Å². The summed E-state index contributed by atoms with van der Waals surface area (Å²) in [5.41, 5.74) is 9.84. The van der Waals surface area contributed by atoms with E-state index in [-0.39, 0.29) is 5.92 Å². The third-order valence-electron chi connectivity index (χ3n) is 3.58. The zero-order valence-corrected chi connectivity index (χ0v) is 14.0. The first-order valence-corrected chi connectivity index (χ1v) is 7.66. The standard InChI is InChI=1S/C16H19Cl2N3/c1-9(8-19)16-10(2)20-15(21-11(16)3)6-12-4-5-13(17)7-14(12)18/h4-5,7,9H,6,8,19H2,1-3H3. The van der Waals surface area contributed by atoms with Gasteiger partial charge >= 0.3 is 0 Å². The van der Waals surface area contributed by atoms with E-state index in [9.17, 15) is 0 Å². The van der Waals surface area contributed by atoms with Gasteiger partial charge in [0.05, 0.1) is 0 Å². The molecule has 1 heterocycles. The third kappa shape index (κ3) is 3.73. The summed E-state index contributed by atoms with van der Waals surface area (Å²) in [5, 5.41) is 1.27. The molecule has 1 unspecified atom stereocenters. The number of aromatic nitrogens is 2. The van der Waals surface area contributed by atoms with Gasteiger partial charge in [-0.05, 0) is 49.6 Å². The summed E-state index contributed by atoms with van der Waals surface area (Å²) in [4.78, 5) is 9.21. The molecule has 0 saturated heterocycles. The van der Waals surface area contributed by atoms with E-state index in [1.54, 1.807) is 6.07 Å². The lowest BCUT2D eigenvalue weighted by Crippen LogP contribution is -2.15. The molecule has 21 heavy (non-hydrogen) atoms. The zero-order valence-electron chi connectivity index (χ0n) is 12.5. The molecule has 1 atom stereocenters. The number of aryl methyl sites for hydroxylation is 2. The highest BCUT2D eigenvalue weighted by atomic mass is 35.5. The van der Waals surface area contributed by atoms with E-state index in [1.165, 1.54) is 0 Å². The predicted octanol–water partition coefficient (Wildman–Crippen LogP) is 4.05. The van der Waals surface area contributed by atoms with E-state index in [1.807, 2.05) is 26.0 Å². The van der Waals surface area contributed by atoms with Crippen molar-refractivity contribution in [1.29, 1.82) is 0 Å². The maximum absolute atomic E-state index is 6.21. The third-order valence-corrected chi connectivity index (χ3v) is 4.17. The Morgan fingerprint density at radius 1 is 1.14 bits per heavy atom. The fourth-order valence-electron chi connectivity index (χ4n) is 2.54. The fraction of sp³-hybridized carbons (Fsp3) is 0.375. The summed E-state index contributed by atoms with van der Waals surface area (Å²) in [6.07, 6.45) is 0.592. The minimum Gasteiger partial charge on any atom is -0.330 e. The molecule has 112 valence electrons. The molecule has 0 radical (unpaired) electrons. The molecule has 2 aromatic rings. The highest BCUT2D eigenvalue weighted by molar-refractivity contribution is 6.35. The van der Waals surface area contributed by atoms with Crippen molar-refractivity contribution in [1.82, 2.24) is 9.97 Å². The van der Waals surface area contributed by atoms with Gasteiger partial charge in [0.2, 0.25) is 0 Å². The molecule has 0 aliphatic carbocycles. The Hall–Kier alpha value is -1.16. The predicted molar refractivity (Wildman–Crippen MR) is 88.2 cm³/mol. The lowest BCUT2D eigenvalue weighted by molar-refractivity contribution is 0.733. The number of benzene rings is 1. The van der Waals surface area contributed by atoms with Gasteiger partial charge in [-0.2, -0.15) is 0 Å². The van der Waals surface area contributed by atoms with Crippen LogP contribution < -0.4 is 5.73 Å². The molecule has 0 bridgehead atoms. The quantitative estimate of drug-likeness (QED) is 0.923. The van der Waals surface area contributed by atoms with Crippen LogP contribution in [0.3, 0.4) is 0 Å². The number of rotatable bonds is 4. The van der Waals surface area contributed by atoms with Crippen LogP contribution in [0.5, 0.6) is 0 Å². The summed E-state index contributed by atoms with van der Waals surface area (Å²) in [7, 11) is 0. The van der Waals surface area contributed by atoms with E-state index >= 15 is 0 Å². The Morgan fingerprint density at radius 2 is 1.76 bits per heavy atom. The van der Waals surface area contributed by atoms with Crippen molar-refractivity contribution >= 4 is 23.2 Å². The summed E-state index contributed by atoms with van der Waals surface area (Å²) in [5.74, 6) is 1.03. The lowest BCUT2D eigenvalue weighted by atomic mass is 9.98. The average molecular weight is 324 g/mol. The molecule has 0 saturated carbocycles. The van der Waals surface area contributed by atoms with Gasteiger partial charge in [0.25, 0.3) is 0 Å². The monoisotopic (exact) mass is 323 g/mol. The molecule has 0 amide bonds. The maximum atomic E-state index is 6.21. The molecular formula is C16H19Cl2N3. The van der Waals surface area contributed by atoms with Crippen LogP contribution in [0.4, 0.5) is 0 Å². The molecule has 2 rings (SSSR count). The normalized spacial score (nSPS) is 12.5. The average Bonchev–Trinajstić information content (AvgIpc) is 2.41. The van der Waals surface area contributed by atoms with Crippen LogP contribution >= 0.6 is 23.2 Å². The smallest absolute Gasteiger partial charge is 0.133 e. The molecule has 1 aromatic heterocycles. The molecule has 3 nitrogen and oxygen atoms in total. The Morgan fingerprint density at radius 3 is 2.29 bits per heavy atom. The molecule has 2 N–H and O–H groups in total. The van der Waals surface area contributed by atoms with Crippen LogP contribution in [0.2, 0.25) is 10.0 Å². The minimum atomic E-state index is 0.262. The molecule has 1 aromatic carbocycles. The molecule has 5 heteroatoms. The van der Waals surface area contributed by atoms with Crippen molar-refractivity contribution in [3.05, 3.63) is 56.6 Å². The number of hydrogen-bond donors (Lipinski definition) is 1. The SMILES string of the molecule is Cc1nc(Cc2ccc(Cl)cc2Cl)nc(C)c1C(C)CN. The van der Waals surface area contributed by atoms with Crippen molar-refractivity contribution in [2.24, 2.45) is 5.73 Å². The van der Waals surface area contributed by atoms with Crippen LogP contribution in [0.15, 0.2) is 18.2 Å². The van der Waals surface area contributed by atoms with Crippen LogP contribution in [0.25, 0.3) is 0 Å². The van der Waals surface area contributed by atoms with Crippen molar-refractivity contribution in [3.63, 3.8) is 0 Å². The van der Waals surface area contributed by atoms with Crippen molar-refractivity contribution in [2.75, 3.05) is 6.54 Å². The van der Waals surface area contributed by atoms with Gasteiger partial charge in [-0.25, -0.2) is 9.97 Å². The summed E-state index contributed by atoms with van der Waals surface area (Å²) >= 11 is 12.1. The van der Waals surface area contributed by atoms with Gasteiger partial charge in [-0.3, -0.25) is 0 Å². The van der Waals surface area contributed by atoms with E-state index in [2.05, 4.69) is 16.9 Å². The first-order valence-electron chi connectivity index (χ1n) is 6.90. The van der Waals surface area contributed by atoms with Gasteiger partial charge < -0.3 is 5.73 Å². The van der Waals surface area contributed by atoms with Crippen LogP contribution in [-0.2, 0) is 6.42 Å². The fourth-order valence-corrected chi connectivity index (χ4v) is 3.02. The topological polar surface area (TPSA) is 51.8 Å². The van der Waals surface area contributed by atoms with Crippen molar-refractivity contribution < 1.29 is 0 Å². The second kappa shape index (κ2) is 6.73. The van der Waals surface area contributed by atoms with Crippen molar-refractivity contribution in [3.8, 4) is 0 Å². The summed E-state index contributed by atoms with van der Waals surface area (Å²) < 4.78 is 0. The largest absolute Gasteiger partial charge is 0.330 e. The Kier molecular flexibility index (Phi) is 5.20. The highest BCUT2D eigenvalue weighted by Gasteiger charge is 2.14. The molecule has 0 aliphatic heterocycles. The van der Waals surface area contributed by atoms with Gasteiger partial charge in [0.15, 0.2) is 0 Å². The second-order valence-electron chi connectivity index (χ2n) is 5.27. The molecular weight excluding hydrogens is 305 g/mol. The van der Waals surface area contributed by atoms with Crippen LogP contribution in [-0.4, -0.2) is 16.5 Å². The lowest BCUT2D eigenvalue weighted by Gasteiger charge is -2.16. The summed E-state index contributed by atoms with van der Waals surface area (Å²) in [6, 6.07) is 5.48. The Balaban J connectivity index is 2.34. The van der Waals surface area contributed by atoms with Crippen molar-refractivity contribution in [2.45, 2.75) is 33.1 Å². The minimum absolute atomic E-state index is 0.262. The molecule has 0 fully saturated rings. The zero-order chi connectivity index (χ0) is 15.6. The number of nitrogens with two attached hydrogens (primary N) is 1. The van der Waals surface area contributed by atoms with E-state index < -0.39 is 0 Å². The summed E-state index contributed by atoms with van der Waals surface area (Å²) in [6.45, 7) is 6.69. The Bertz CT molecular complexity index is 633. The van der Waals surface area contributed by atoms with Gasteiger partial charge in [-0.1, -0.05) is 36.2 Å². The number of nitrogens with zero attached hydrogens (tertiary/aromatic N) is 2.